The molecule has 1 fully saturated rings. The second-order valence-electron chi connectivity index (χ2n) is 7.26. The van der Waals surface area contributed by atoms with Crippen molar-refractivity contribution in [3.63, 3.8) is 0 Å². The molecule has 0 atom stereocenters. The van der Waals surface area contributed by atoms with E-state index in [2.05, 4.69) is 10.4 Å². The fourth-order valence-corrected chi connectivity index (χ4v) is 5.04. The van der Waals surface area contributed by atoms with Crippen LogP contribution in [0.3, 0.4) is 0 Å². The Bertz CT molecular complexity index is 1000. The highest BCUT2D eigenvalue weighted by molar-refractivity contribution is 7.92. The normalized spacial score (nSPS) is 20.0. The van der Waals surface area contributed by atoms with Crippen molar-refractivity contribution in [3.05, 3.63) is 53.2 Å². The Balaban J connectivity index is 1.47. The molecule has 0 saturated carbocycles. The Kier molecular flexibility index (Phi) is 4.39. The molecule has 1 N–H and O–H groups in total. The number of rotatable bonds is 3. The number of hydrogen-bond acceptors (Lipinski definition) is 4. The molecule has 8 heteroatoms. The molecular weight excluding hydrogens is 364 g/mol. The van der Waals surface area contributed by atoms with Gasteiger partial charge >= 0.3 is 0 Å². The number of benzene rings is 1. The third-order valence-corrected chi connectivity index (χ3v) is 7.04. The number of anilines is 1. The zero-order chi connectivity index (χ0) is 19.1. The van der Waals surface area contributed by atoms with Gasteiger partial charge in [-0.05, 0) is 37.0 Å². The van der Waals surface area contributed by atoms with Gasteiger partial charge in [0, 0.05) is 43.0 Å². The summed E-state index contributed by atoms with van der Waals surface area (Å²) in [7, 11) is -1.74. The number of carbonyl (C=O) groups excluding carboxylic acids is 1. The van der Waals surface area contributed by atoms with E-state index < -0.39 is 15.4 Å². The number of aromatic nitrogens is 2. The monoisotopic (exact) mass is 386 g/mol. The first-order valence-corrected chi connectivity index (χ1v) is 10.4. The number of hydrogen-bond donors (Lipinski definition) is 1. The van der Waals surface area contributed by atoms with Gasteiger partial charge in [-0.1, -0.05) is 18.2 Å². The molecule has 2 aromatic rings. The first kappa shape index (κ1) is 17.9. The highest BCUT2D eigenvalue weighted by atomic mass is 32.2. The van der Waals surface area contributed by atoms with Crippen molar-refractivity contribution < 1.29 is 13.2 Å². The number of amides is 1. The van der Waals surface area contributed by atoms with Crippen LogP contribution >= 0.6 is 0 Å². The lowest BCUT2D eigenvalue weighted by Gasteiger charge is -2.42. The molecule has 0 aliphatic carbocycles. The van der Waals surface area contributed by atoms with Gasteiger partial charge in [-0.3, -0.25) is 9.48 Å². The number of carbonyl (C=O) groups is 1. The van der Waals surface area contributed by atoms with Crippen molar-refractivity contribution in [2.24, 2.45) is 12.5 Å². The Morgan fingerprint density at radius 2 is 1.96 bits per heavy atom. The number of nitrogens with zero attached hydrogens (tertiary/aromatic N) is 3. The van der Waals surface area contributed by atoms with Crippen LogP contribution < -0.4 is 5.32 Å². The Morgan fingerprint density at radius 1 is 1.22 bits per heavy atom. The summed E-state index contributed by atoms with van der Waals surface area (Å²) in [6.07, 6.45) is 6.62. The van der Waals surface area contributed by atoms with Gasteiger partial charge in [0.05, 0.1) is 11.6 Å². The predicted octanol–water partition coefficient (Wildman–Crippen LogP) is 2.00. The predicted molar refractivity (Wildman–Crippen MR) is 103 cm³/mol. The quantitative estimate of drug-likeness (QED) is 0.874. The topological polar surface area (TPSA) is 84.3 Å². The number of piperidine rings is 1. The average molecular weight is 386 g/mol. The summed E-state index contributed by atoms with van der Waals surface area (Å²) in [5, 5.41) is 8.24. The molecule has 1 aromatic carbocycles. The van der Waals surface area contributed by atoms with E-state index >= 15 is 0 Å². The van der Waals surface area contributed by atoms with E-state index in [0.717, 1.165) is 16.8 Å². The van der Waals surface area contributed by atoms with E-state index in [-0.39, 0.29) is 5.91 Å². The summed E-state index contributed by atoms with van der Waals surface area (Å²) >= 11 is 0. The van der Waals surface area contributed by atoms with E-state index in [0.29, 0.717) is 32.4 Å². The molecule has 0 bridgehead atoms. The summed E-state index contributed by atoms with van der Waals surface area (Å²) < 4.78 is 28.3. The molecule has 142 valence electrons. The van der Waals surface area contributed by atoms with Crippen LogP contribution in [-0.2, 0) is 28.3 Å². The lowest BCUT2D eigenvalue weighted by molar-refractivity contribution is -0.128. The Labute approximate surface area is 158 Å². The first-order chi connectivity index (χ1) is 12.9. The number of aryl methyl sites for hydroxylation is 1. The second-order valence-corrected chi connectivity index (χ2v) is 9.08. The van der Waals surface area contributed by atoms with E-state index in [1.807, 2.05) is 24.3 Å². The largest absolute Gasteiger partial charge is 0.325 e. The van der Waals surface area contributed by atoms with Crippen molar-refractivity contribution in [3.8, 4) is 0 Å². The van der Waals surface area contributed by atoms with E-state index in [1.165, 1.54) is 9.71 Å². The van der Waals surface area contributed by atoms with Gasteiger partial charge in [0.15, 0.2) is 0 Å². The lowest BCUT2D eigenvalue weighted by atomic mass is 9.71. The summed E-state index contributed by atoms with van der Waals surface area (Å²) in [6.45, 7) is 0.685. The number of fused-ring (bicyclic) bond motifs is 1. The highest BCUT2D eigenvalue weighted by Gasteiger charge is 2.45. The molecule has 1 spiro atoms. The number of sulfonamides is 1. The van der Waals surface area contributed by atoms with Gasteiger partial charge in [-0.15, -0.1) is 0 Å². The van der Waals surface area contributed by atoms with Crippen molar-refractivity contribution >= 4 is 27.7 Å². The maximum Gasteiger partial charge on any atom is 0.236 e. The van der Waals surface area contributed by atoms with Crippen molar-refractivity contribution in [2.45, 2.75) is 19.3 Å². The first-order valence-electron chi connectivity index (χ1n) is 8.94. The molecule has 2 aliphatic rings. The van der Waals surface area contributed by atoms with Gasteiger partial charge in [0.2, 0.25) is 15.9 Å². The molecule has 4 rings (SSSR count). The Hall–Kier alpha value is -2.45. The van der Waals surface area contributed by atoms with Gasteiger partial charge in [0.1, 0.15) is 0 Å². The SMILES string of the molecule is Cn1cc(/C=C/S(=O)(=O)N2CCC3(CC2)Cc2ccccc2NC3=O)cn1. The van der Waals surface area contributed by atoms with E-state index in [4.69, 9.17) is 0 Å². The maximum absolute atomic E-state index is 12.7. The van der Waals surface area contributed by atoms with Gasteiger partial charge in [-0.2, -0.15) is 9.40 Å². The minimum Gasteiger partial charge on any atom is -0.325 e. The standard InChI is InChI=1S/C19H22N4O3S/c1-22-14-15(13-20-22)6-11-27(25,26)23-9-7-19(8-10-23)12-16-4-2-3-5-17(16)21-18(19)24/h2-6,11,13-14H,7-10,12H2,1H3,(H,21,24)/b11-6+. The zero-order valence-electron chi connectivity index (χ0n) is 15.1. The highest BCUT2D eigenvalue weighted by Crippen LogP contribution is 2.41. The third-order valence-electron chi connectivity index (χ3n) is 5.47. The minimum absolute atomic E-state index is 0.00384. The van der Waals surface area contributed by atoms with Crippen LogP contribution in [0.5, 0.6) is 0 Å². The third kappa shape index (κ3) is 3.42. The van der Waals surface area contributed by atoms with Crippen molar-refractivity contribution in [1.82, 2.24) is 14.1 Å². The molecule has 27 heavy (non-hydrogen) atoms. The molecule has 3 heterocycles. The summed E-state index contributed by atoms with van der Waals surface area (Å²) in [5.41, 5.74) is 2.19. The molecule has 7 nitrogen and oxygen atoms in total. The van der Waals surface area contributed by atoms with Gasteiger partial charge in [0.25, 0.3) is 0 Å². The lowest BCUT2D eigenvalue weighted by Crippen LogP contribution is -2.50. The molecule has 1 amide bonds. The summed E-state index contributed by atoms with van der Waals surface area (Å²) in [4.78, 5) is 12.7. The Morgan fingerprint density at radius 3 is 2.67 bits per heavy atom. The average Bonchev–Trinajstić information content (AvgIpc) is 3.07. The van der Waals surface area contributed by atoms with E-state index in [9.17, 15) is 13.2 Å². The number of para-hydroxylation sites is 1. The van der Waals surface area contributed by atoms with Crippen LogP contribution in [0, 0.1) is 5.41 Å². The molecular formula is C19H22N4O3S. The van der Waals surface area contributed by atoms with Crippen LogP contribution in [-0.4, -0.2) is 41.5 Å². The van der Waals surface area contributed by atoms with Crippen LogP contribution in [0.2, 0.25) is 0 Å². The second kappa shape index (κ2) is 6.61. The van der Waals surface area contributed by atoms with E-state index in [1.54, 1.807) is 30.2 Å². The van der Waals surface area contributed by atoms with Crippen LogP contribution in [0.4, 0.5) is 5.69 Å². The maximum atomic E-state index is 12.7. The summed E-state index contributed by atoms with van der Waals surface area (Å²) in [5.74, 6) is 0.00384. The van der Waals surface area contributed by atoms with Gasteiger partial charge in [-0.25, -0.2) is 8.42 Å². The number of nitrogens with one attached hydrogen (secondary N) is 1. The van der Waals surface area contributed by atoms with Gasteiger partial charge < -0.3 is 5.32 Å². The molecule has 0 radical (unpaired) electrons. The summed E-state index contributed by atoms with van der Waals surface area (Å²) in [6, 6.07) is 7.80. The molecule has 2 aliphatic heterocycles. The molecule has 1 aromatic heterocycles. The fraction of sp³-hybridized carbons (Fsp3) is 0.368. The van der Waals surface area contributed by atoms with Crippen LogP contribution in [0.15, 0.2) is 42.1 Å². The molecule has 1 saturated heterocycles. The van der Waals surface area contributed by atoms with Crippen molar-refractivity contribution in [2.75, 3.05) is 18.4 Å². The molecule has 0 unspecified atom stereocenters. The van der Waals surface area contributed by atoms with Crippen molar-refractivity contribution in [1.29, 1.82) is 0 Å². The minimum atomic E-state index is -3.52. The van der Waals surface area contributed by atoms with Crippen LogP contribution in [0.1, 0.15) is 24.0 Å². The smallest absolute Gasteiger partial charge is 0.236 e. The van der Waals surface area contributed by atoms with Crippen LogP contribution in [0.25, 0.3) is 6.08 Å². The fourth-order valence-electron chi connectivity index (χ4n) is 3.85. The zero-order valence-corrected chi connectivity index (χ0v) is 15.9.